The maximum Gasteiger partial charge on any atom is 0.255 e. The predicted molar refractivity (Wildman–Crippen MR) is 96.8 cm³/mol. The van der Waals surface area contributed by atoms with Crippen molar-refractivity contribution in [2.24, 2.45) is 0 Å². The number of carbonyl (C=O) groups excluding carboxylic acids is 2. The summed E-state index contributed by atoms with van der Waals surface area (Å²) in [5, 5.41) is 3.42. The SMILES string of the molecule is O=C(C[n+]1ccc(NC(=O)c2ccccc2)cc1)c1ccc(Cl)cc1. The molecule has 124 valence electrons. The molecule has 1 aromatic heterocycles. The number of hydrogen-bond donors (Lipinski definition) is 1. The monoisotopic (exact) mass is 351 g/mol. The molecule has 1 heterocycles. The smallest absolute Gasteiger partial charge is 0.255 e. The average molecular weight is 352 g/mol. The maximum atomic E-state index is 12.2. The Morgan fingerprint density at radius 2 is 1.48 bits per heavy atom. The van der Waals surface area contributed by atoms with Gasteiger partial charge in [-0.15, -0.1) is 0 Å². The highest BCUT2D eigenvalue weighted by atomic mass is 35.5. The lowest BCUT2D eigenvalue weighted by atomic mass is 10.1. The molecule has 0 radical (unpaired) electrons. The Bertz CT molecular complexity index is 876. The van der Waals surface area contributed by atoms with Crippen molar-refractivity contribution in [3.63, 3.8) is 0 Å². The second kappa shape index (κ2) is 7.73. The van der Waals surface area contributed by atoms with Crippen LogP contribution >= 0.6 is 11.6 Å². The van der Waals surface area contributed by atoms with Crippen LogP contribution in [0.5, 0.6) is 0 Å². The van der Waals surface area contributed by atoms with Gasteiger partial charge in [0.1, 0.15) is 0 Å². The highest BCUT2D eigenvalue weighted by Gasteiger charge is 2.12. The van der Waals surface area contributed by atoms with Crippen LogP contribution in [0.2, 0.25) is 5.02 Å². The molecular formula is C20H16ClN2O2+. The quantitative estimate of drug-likeness (QED) is 0.562. The van der Waals surface area contributed by atoms with Crippen LogP contribution in [0.4, 0.5) is 5.69 Å². The fourth-order valence-corrected chi connectivity index (χ4v) is 2.46. The predicted octanol–water partition coefficient (Wildman–Crippen LogP) is 3.76. The molecule has 2 aromatic carbocycles. The number of nitrogens with one attached hydrogen (secondary N) is 1. The first-order valence-electron chi connectivity index (χ1n) is 7.76. The van der Waals surface area contributed by atoms with Gasteiger partial charge in [0, 0.05) is 28.3 Å². The molecule has 0 atom stereocenters. The van der Waals surface area contributed by atoms with E-state index in [-0.39, 0.29) is 18.2 Å². The molecule has 0 bridgehead atoms. The lowest BCUT2D eigenvalue weighted by Gasteiger charge is -2.04. The fourth-order valence-electron chi connectivity index (χ4n) is 2.33. The topological polar surface area (TPSA) is 50.0 Å². The number of aromatic nitrogens is 1. The normalized spacial score (nSPS) is 10.3. The second-order valence-corrected chi connectivity index (χ2v) is 5.95. The van der Waals surface area contributed by atoms with Gasteiger partial charge in [-0.2, -0.15) is 4.57 Å². The van der Waals surface area contributed by atoms with E-state index in [2.05, 4.69) is 5.32 Å². The van der Waals surface area contributed by atoms with E-state index in [9.17, 15) is 9.59 Å². The van der Waals surface area contributed by atoms with Crippen LogP contribution in [-0.4, -0.2) is 11.7 Å². The fraction of sp³-hybridized carbons (Fsp3) is 0.0500. The van der Waals surface area contributed by atoms with Crippen molar-refractivity contribution in [3.8, 4) is 0 Å². The molecule has 0 saturated heterocycles. The van der Waals surface area contributed by atoms with Crippen molar-refractivity contribution in [3.05, 3.63) is 95.3 Å². The molecule has 0 saturated carbocycles. The molecule has 1 N–H and O–H groups in total. The summed E-state index contributed by atoms with van der Waals surface area (Å²) in [7, 11) is 0. The number of hydrogen-bond acceptors (Lipinski definition) is 2. The third kappa shape index (κ3) is 4.52. The number of nitrogens with zero attached hydrogens (tertiary/aromatic N) is 1. The third-order valence-electron chi connectivity index (χ3n) is 3.68. The molecule has 0 aliphatic rings. The number of ketones is 1. The molecule has 25 heavy (non-hydrogen) atoms. The standard InChI is InChI=1S/C20H15ClN2O2/c21-17-8-6-15(7-9-17)19(24)14-23-12-10-18(11-13-23)22-20(25)16-4-2-1-3-5-16/h1-13H,14H2/p+1. The lowest BCUT2D eigenvalue weighted by molar-refractivity contribution is -0.683. The van der Waals surface area contributed by atoms with Crippen molar-refractivity contribution in [1.82, 2.24) is 0 Å². The van der Waals surface area contributed by atoms with E-state index < -0.39 is 0 Å². The van der Waals surface area contributed by atoms with Crippen LogP contribution in [0.15, 0.2) is 79.1 Å². The molecule has 0 spiro atoms. The molecule has 0 fully saturated rings. The number of halogens is 1. The molecule has 0 unspecified atom stereocenters. The highest BCUT2D eigenvalue weighted by molar-refractivity contribution is 6.30. The Balaban J connectivity index is 1.63. The Morgan fingerprint density at radius 1 is 0.840 bits per heavy atom. The molecule has 3 aromatic rings. The number of carbonyl (C=O) groups is 2. The van der Waals surface area contributed by atoms with E-state index in [1.807, 2.05) is 18.2 Å². The zero-order valence-electron chi connectivity index (χ0n) is 13.4. The summed E-state index contributed by atoms with van der Waals surface area (Å²) in [6, 6.07) is 19.3. The Hall–Kier alpha value is -2.98. The number of Topliss-reactive ketones (excluding diaryl/α,β-unsaturated/α-hetero) is 1. The first-order valence-corrected chi connectivity index (χ1v) is 8.14. The van der Waals surface area contributed by atoms with Crippen molar-refractivity contribution >= 4 is 29.0 Å². The Morgan fingerprint density at radius 3 is 2.12 bits per heavy atom. The number of pyridine rings is 1. The van der Waals surface area contributed by atoms with Crippen molar-refractivity contribution < 1.29 is 14.2 Å². The van der Waals surface area contributed by atoms with Crippen LogP contribution in [0.3, 0.4) is 0 Å². The molecule has 1 amide bonds. The summed E-state index contributed by atoms with van der Waals surface area (Å²) < 4.78 is 1.76. The minimum Gasteiger partial charge on any atom is -0.322 e. The average Bonchev–Trinajstić information content (AvgIpc) is 2.64. The number of benzene rings is 2. The van der Waals surface area contributed by atoms with Crippen molar-refractivity contribution in [1.29, 1.82) is 0 Å². The van der Waals surface area contributed by atoms with E-state index in [4.69, 9.17) is 11.6 Å². The zero-order chi connectivity index (χ0) is 17.6. The minimum atomic E-state index is -0.171. The summed E-state index contributed by atoms with van der Waals surface area (Å²) in [6.45, 7) is 0.217. The second-order valence-electron chi connectivity index (χ2n) is 5.51. The van der Waals surface area contributed by atoms with Gasteiger partial charge < -0.3 is 5.32 Å². The van der Waals surface area contributed by atoms with Gasteiger partial charge in [0.05, 0.1) is 5.69 Å². The first kappa shape index (κ1) is 16.9. The summed E-state index contributed by atoms with van der Waals surface area (Å²) in [4.78, 5) is 24.3. The number of amides is 1. The Labute approximate surface area is 150 Å². The first-order chi connectivity index (χ1) is 12.1. The maximum absolute atomic E-state index is 12.2. The van der Waals surface area contributed by atoms with Gasteiger partial charge in [0.2, 0.25) is 12.3 Å². The molecule has 0 aliphatic carbocycles. The van der Waals surface area contributed by atoms with E-state index in [1.165, 1.54) is 0 Å². The van der Waals surface area contributed by atoms with Gasteiger partial charge in [-0.3, -0.25) is 9.59 Å². The molecule has 3 rings (SSSR count). The molecule has 5 heteroatoms. The zero-order valence-corrected chi connectivity index (χ0v) is 14.1. The summed E-state index contributed by atoms with van der Waals surface area (Å²) in [6.07, 6.45) is 3.52. The van der Waals surface area contributed by atoms with Crippen LogP contribution in [0, 0.1) is 0 Å². The number of rotatable bonds is 5. The van der Waals surface area contributed by atoms with Gasteiger partial charge in [-0.25, -0.2) is 0 Å². The lowest BCUT2D eigenvalue weighted by Crippen LogP contribution is -2.37. The van der Waals surface area contributed by atoms with Gasteiger partial charge in [0.15, 0.2) is 12.4 Å². The summed E-state index contributed by atoms with van der Waals surface area (Å²) >= 11 is 5.83. The third-order valence-corrected chi connectivity index (χ3v) is 3.93. The van der Waals surface area contributed by atoms with Crippen molar-refractivity contribution in [2.45, 2.75) is 6.54 Å². The van der Waals surface area contributed by atoms with Gasteiger partial charge >= 0.3 is 0 Å². The largest absolute Gasteiger partial charge is 0.322 e. The Kier molecular flexibility index (Phi) is 5.21. The van der Waals surface area contributed by atoms with Crippen LogP contribution in [0.25, 0.3) is 0 Å². The molecular weight excluding hydrogens is 336 g/mol. The van der Waals surface area contributed by atoms with Gasteiger partial charge in [-0.05, 0) is 36.4 Å². The summed E-state index contributed by atoms with van der Waals surface area (Å²) in [5.41, 5.74) is 1.87. The van der Waals surface area contributed by atoms with E-state index in [1.54, 1.807) is 65.5 Å². The molecule has 4 nitrogen and oxygen atoms in total. The number of anilines is 1. The van der Waals surface area contributed by atoms with Gasteiger partial charge in [0.25, 0.3) is 5.91 Å². The van der Waals surface area contributed by atoms with E-state index >= 15 is 0 Å². The van der Waals surface area contributed by atoms with Gasteiger partial charge in [-0.1, -0.05) is 29.8 Å². The van der Waals surface area contributed by atoms with E-state index in [0.717, 1.165) is 0 Å². The van der Waals surface area contributed by atoms with Crippen LogP contribution in [-0.2, 0) is 6.54 Å². The highest BCUT2D eigenvalue weighted by Crippen LogP contribution is 2.10. The van der Waals surface area contributed by atoms with Crippen molar-refractivity contribution in [2.75, 3.05) is 5.32 Å². The van der Waals surface area contributed by atoms with E-state index in [0.29, 0.717) is 21.8 Å². The minimum absolute atomic E-state index is 0.0114. The molecule has 0 aliphatic heterocycles. The summed E-state index contributed by atoms with van der Waals surface area (Å²) in [5.74, 6) is -0.182. The van der Waals surface area contributed by atoms with Crippen LogP contribution < -0.4 is 9.88 Å². The van der Waals surface area contributed by atoms with Crippen LogP contribution in [0.1, 0.15) is 20.7 Å².